The van der Waals surface area contributed by atoms with Crippen molar-refractivity contribution in [3.05, 3.63) is 47.8 Å². The van der Waals surface area contributed by atoms with Crippen molar-refractivity contribution in [2.75, 3.05) is 7.11 Å². The van der Waals surface area contributed by atoms with Gasteiger partial charge in [-0.1, -0.05) is 0 Å². The van der Waals surface area contributed by atoms with Crippen LogP contribution in [0.1, 0.15) is 49.0 Å². The molecule has 0 spiro atoms. The highest BCUT2D eigenvalue weighted by Gasteiger charge is 2.46. The van der Waals surface area contributed by atoms with Gasteiger partial charge in [0.1, 0.15) is 22.7 Å². The first-order chi connectivity index (χ1) is 16.4. The number of rotatable bonds is 8. The number of nitrogens with zero attached hydrogens (tertiary/aromatic N) is 3. The van der Waals surface area contributed by atoms with Crippen LogP contribution in [0.25, 0.3) is 16.9 Å². The van der Waals surface area contributed by atoms with Crippen molar-refractivity contribution in [3.63, 3.8) is 0 Å². The highest BCUT2D eigenvalue weighted by Crippen LogP contribution is 2.46. The third kappa shape index (κ3) is 4.81. The predicted octanol–water partition coefficient (Wildman–Crippen LogP) is 6.03. The van der Waals surface area contributed by atoms with E-state index < -0.39 is 48.2 Å². The molecule has 1 aliphatic carbocycles. The molecule has 1 saturated carbocycles. The Labute approximate surface area is 199 Å². The van der Waals surface area contributed by atoms with Crippen molar-refractivity contribution in [3.8, 4) is 28.8 Å². The molecule has 35 heavy (non-hydrogen) atoms. The summed E-state index contributed by atoms with van der Waals surface area (Å²) in [6.45, 7) is 0.344. The lowest BCUT2D eigenvalue weighted by Gasteiger charge is -2.34. The topological polar surface area (TPSA) is 76.6 Å². The Morgan fingerprint density at radius 2 is 1.97 bits per heavy atom. The molecule has 1 fully saturated rings. The molecule has 6 nitrogen and oxygen atoms in total. The van der Waals surface area contributed by atoms with Gasteiger partial charge in [0.2, 0.25) is 5.92 Å². The van der Waals surface area contributed by atoms with Gasteiger partial charge in [-0.2, -0.15) is 14.0 Å². The molecule has 4 rings (SSSR count). The van der Waals surface area contributed by atoms with Gasteiger partial charge in [-0.25, -0.2) is 13.8 Å². The first kappa shape index (κ1) is 24.5. The number of benzene rings is 1. The number of carbonyl (C=O) groups excluding carboxylic acids is 1. The lowest BCUT2D eigenvalue weighted by molar-refractivity contribution is -0.109. The van der Waals surface area contributed by atoms with Crippen LogP contribution in [-0.2, 0) is 5.41 Å². The summed E-state index contributed by atoms with van der Waals surface area (Å²) in [4.78, 5) is 17.3. The molecule has 3 aromatic rings. The summed E-state index contributed by atoms with van der Waals surface area (Å²) in [7, 11) is 1.28. The average Bonchev–Trinajstić information content (AvgIpc) is 3.20. The van der Waals surface area contributed by atoms with E-state index in [4.69, 9.17) is 4.74 Å². The Bertz CT molecular complexity index is 1320. The van der Waals surface area contributed by atoms with E-state index in [1.165, 1.54) is 25.4 Å². The maximum Gasteiger partial charge on any atom is 0.387 e. The van der Waals surface area contributed by atoms with Crippen LogP contribution >= 0.6 is 0 Å². The van der Waals surface area contributed by atoms with Gasteiger partial charge in [-0.3, -0.25) is 9.20 Å². The third-order valence-corrected chi connectivity index (χ3v) is 6.24. The molecule has 2 heterocycles. The molecule has 2 aromatic heterocycles. The quantitative estimate of drug-likeness (QED) is 0.285. The highest BCUT2D eigenvalue weighted by molar-refractivity contribution is 6.02. The van der Waals surface area contributed by atoms with Crippen molar-refractivity contribution >= 4 is 11.4 Å². The minimum atomic E-state index is -3.22. The van der Waals surface area contributed by atoms with Crippen LogP contribution in [0.3, 0.4) is 0 Å². The van der Waals surface area contributed by atoms with Crippen LogP contribution in [0.2, 0.25) is 0 Å². The van der Waals surface area contributed by atoms with Crippen LogP contribution < -0.4 is 9.47 Å². The van der Waals surface area contributed by atoms with E-state index in [2.05, 4.69) is 15.8 Å². The van der Waals surface area contributed by atoms with Crippen molar-refractivity contribution in [2.45, 2.75) is 51.1 Å². The molecule has 0 radical (unpaired) electrons. The maximum absolute atomic E-state index is 13.2. The van der Waals surface area contributed by atoms with E-state index in [0.29, 0.717) is 16.9 Å². The molecule has 1 aromatic carbocycles. The lowest BCUT2D eigenvalue weighted by Crippen LogP contribution is -2.36. The van der Waals surface area contributed by atoms with Crippen LogP contribution in [0, 0.1) is 17.2 Å². The molecule has 0 aliphatic heterocycles. The van der Waals surface area contributed by atoms with E-state index in [1.54, 1.807) is 36.6 Å². The zero-order valence-electron chi connectivity index (χ0n) is 19.3. The first-order valence-electron chi connectivity index (χ1n) is 10.9. The predicted molar refractivity (Wildman–Crippen MR) is 119 cm³/mol. The van der Waals surface area contributed by atoms with Crippen molar-refractivity contribution in [2.24, 2.45) is 5.92 Å². The number of pyridine rings is 1. The number of nitriles is 1. The fourth-order valence-electron chi connectivity index (χ4n) is 4.30. The third-order valence-electron chi connectivity index (χ3n) is 6.24. The van der Waals surface area contributed by atoms with Gasteiger partial charge in [0.15, 0.2) is 5.78 Å². The number of ketones is 1. The van der Waals surface area contributed by atoms with E-state index in [-0.39, 0.29) is 17.7 Å². The number of alkyl halides is 4. The van der Waals surface area contributed by atoms with E-state index in [9.17, 15) is 27.6 Å². The van der Waals surface area contributed by atoms with Gasteiger partial charge in [-0.05, 0) is 49.6 Å². The van der Waals surface area contributed by atoms with Gasteiger partial charge in [0.05, 0.1) is 30.5 Å². The van der Waals surface area contributed by atoms with Crippen LogP contribution in [0.4, 0.5) is 17.6 Å². The van der Waals surface area contributed by atoms with Gasteiger partial charge < -0.3 is 9.47 Å². The molecular formula is C25H23F4N3O3. The Hall–Kier alpha value is -3.61. The van der Waals surface area contributed by atoms with Gasteiger partial charge in [0.25, 0.3) is 0 Å². The molecular weight excluding hydrogens is 466 g/mol. The molecule has 1 aliphatic rings. The second-order valence-electron chi connectivity index (χ2n) is 9.21. The average molecular weight is 489 g/mol. The monoisotopic (exact) mass is 489 g/mol. The number of Topliss-reactive ketones (excluding diaryl/α,β-unsaturated/α-hetero) is 1. The number of aromatic nitrogens is 2. The number of hydrogen-bond acceptors (Lipinski definition) is 5. The number of halogens is 4. The lowest BCUT2D eigenvalue weighted by atomic mass is 9.77. The maximum atomic E-state index is 13.2. The van der Waals surface area contributed by atoms with Crippen molar-refractivity contribution in [1.29, 1.82) is 5.26 Å². The minimum Gasteiger partial charge on any atom is -0.496 e. The number of ether oxygens (including phenoxy) is 2. The van der Waals surface area contributed by atoms with Gasteiger partial charge in [0, 0.05) is 31.0 Å². The van der Waals surface area contributed by atoms with E-state index in [1.807, 2.05) is 0 Å². The standard InChI is InChI=1S/C25H23F4N3O3/c1-24(2,13-30)16-4-5-32-17(12-31-21(32)9-16)15-7-19(34-3)22(20(8-15)35-23(26)27)18(33)6-14-10-25(28,29)11-14/h4-5,7-9,12,14,23H,6,10-11H2,1-3H3. The van der Waals surface area contributed by atoms with Gasteiger partial charge >= 0.3 is 6.61 Å². The van der Waals surface area contributed by atoms with Crippen molar-refractivity contribution < 1.29 is 31.8 Å². The Kier molecular flexibility index (Phi) is 6.21. The van der Waals surface area contributed by atoms with Crippen LogP contribution in [0.5, 0.6) is 11.5 Å². The second kappa shape index (κ2) is 8.87. The number of methoxy groups -OCH3 is 1. The largest absolute Gasteiger partial charge is 0.496 e. The zero-order valence-corrected chi connectivity index (χ0v) is 19.3. The molecule has 0 amide bonds. The van der Waals surface area contributed by atoms with Crippen LogP contribution in [0.15, 0.2) is 36.7 Å². The molecule has 0 N–H and O–H groups in total. The molecule has 10 heteroatoms. The fourth-order valence-corrected chi connectivity index (χ4v) is 4.30. The molecule has 184 valence electrons. The summed E-state index contributed by atoms with van der Waals surface area (Å²) in [5.41, 5.74) is 1.24. The number of imidazole rings is 1. The summed E-state index contributed by atoms with van der Waals surface area (Å²) in [5, 5.41) is 9.40. The van der Waals surface area contributed by atoms with Crippen LogP contribution in [-0.4, -0.2) is 34.8 Å². The molecule has 0 atom stereocenters. The molecule has 0 bridgehead atoms. The van der Waals surface area contributed by atoms with Gasteiger partial charge in [-0.15, -0.1) is 0 Å². The summed E-state index contributed by atoms with van der Waals surface area (Å²) in [6, 6.07) is 8.54. The normalized spacial score (nSPS) is 15.6. The second-order valence-corrected chi connectivity index (χ2v) is 9.21. The summed E-state index contributed by atoms with van der Waals surface area (Å²) in [6.07, 6.45) is 2.17. The summed E-state index contributed by atoms with van der Waals surface area (Å²) < 4.78 is 64.6. The summed E-state index contributed by atoms with van der Waals surface area (Å²) in [5.74, 6) is -4.35. The number of fused-ring (bicyclic) bond motifs is 1. The SMILES string of the molecule is COc1cc(-c2cnc3cc(C(C)(C)C#N)ccn23)cc(OC(F)F)c1C(=O)CC1CC(F)(F)C1. The van der Waals surface area contributed by atoms with E-state index in [0.717, 1.165) is 5.56 Å². The smallest absolute Gasteiger partial charge is 0.387 e. The zero-order chi connectivity index (χ0) is 25.5. The Morgan fingerprint density at radius 3 is 2.57 bits per heavy atom. The molecule has 0 unspecified atom stereocenters. The number of hydrogen-bond donors (Lipinski definition) is 0. The minimum absolute atomic E-state index is 0.00795. The fraction of sp³-hybridized carbons (Fsp3) is 0.400. The highest BCUT2D eigenvalue weighted by atomic mass is 19.3. The Balaban J connectivity index is 1.76. The van der Waals surface area contributed by atoms with E-state index >= 15 is 0 Å². The van der Waals surface area contributed by atoms with Crippen molar-refractivity contribution in [1.82, 2.24) is 9.38 Å². The Morgan fingerprint density at radius 1 is 1.29 bits per heavy atom. The summed E-state index contributed by atoms with van der Waals surface area (Å²) >= 11 is 0. The first-order valence-corrected chi connectivity index (χ1v) is 10.9. The molecule has 0 saturated heterocycles. The number of carbonyl (C=O) groups is 1.